The Morgan fingerprint density at radius 2 is 1.77 bits per heavy atom. The highest BCUT2D eigenvalue weighted by molar-refractivity contribution is 5.99. The van der Waals surface area contributed by atoms with Crippen molar-refractivity contribution in [1.82, 2.24) is 9.78 Å². The van der Waals surface area contributed by atoms with E-state index < -0.39 is 0 Å². The first-order valence-corrected chi connectivity index (χ1v) is 8.90. The van der Waals surface area contributed by atoms with Crippen LogP contribution in [0.1, 0.15) is 30.5 Å². The van der Waals surface area contributed by atoms with Crippen molar-refractivity contribution in [3.8, 4) is 5.69 Å². The smallest absolute Gasteiger partial charge is 0.308 e. The predicted octanol–water partition coefficient (Wildman–Crippen LogP) is 4.95. The van der Waals surface area contributed by atoms with Gasteiger partial charge < -0.3 is 5.32 Å². The van der Waals surface area contributed by atoms with Crippen LogP contribution in [-0.4, -0.2) is 15.8 Å². The van der Waals surface area contributed by atoms with Gasteiger partial charge in [-0.15, -0.1) is 0 Å². The lowest BCUT2D eigenvalue weighted by Crippen LogP contribution is -2.21. The molecule has 1 heterocycles. The van der Waals surface area contributed by atoms with Crippen molar-refractivity contribution in [3.05, 3.63) is 71.9 Å². The van der Waals surface area contributed by atoms with Gasteiger partial charge >= 0.3 is 6.03 Å². The maximum Gasteiger partial charge on any atom is 0.324 e. The molecule has 1 aromatic heterocycles. The predicted molar refractivity (Wildman–Crippen MR) is 104 cm³/mol. The average Bonchev–Trinajstić information content (AvgIpc) is 3.23. The minimum Gasteiger partial charge on any atom is -0.308 e. The number of carbonyl (C=O) groups excluding carboxylic acids is 1. The van der Waals surface area contributed by atoms with Gasteiger partial charge in [-0.3, -0.25) is 5.32 Å². The first-order chi connectivity index (χ1) is 12.6. The maximum absolute atomic E-state index is 12.4. The summed E-state index contributed by atoms with van der Waals surface area (Å²) in [6.45, 7) is 4.24. The molecule has 0 spiro atoms. The Hall–Kier alpha value is -3.08. The number of para-hydroxylation sites is 1. The van der Waals surface area contributed by atoms with Gasteiger partial charge in [-0.1, -0.05) is 42.8 Å². The molecule has 1 saturated carbocycles. The van der Waals surface area contributed by atoms with Gasteiger partial charge in [0, 0.05) is 17.7 Å². The monoisotopic (exact) mass is 346 g/mol. The Bertz CT molecular complexity index is 915. The zero-order valence-electron chi connectivity index (χ0n) is 14.9. The molecule has 0 saturated heterocycles. The number of carbonyl (C=O) groups is 1. The lowest BCUT2D eigenvalue weighted by atomic mass is 10.2. The highest BCUT2D eigenvalue weighted by Crippen LogP contribution is 2.47. The first kappa shape index (κ1) is 16.4. The molecule has 1 aliphatic carbocycles. The molecule has 4 rings (SSSR count). The minimum atomic E-state index is -0.277. The Morgan fingerprint density at radius 1 is 1.08 bits per heavy atom. The standard InChI is InChI=1S/C21H22N4O/c1-14-8-10-16(11-9-14)22-21(26)23-20-13-19(18-12-15(18)2)24-25(20)17-6-4-3-5-7-17/h3-11,13,15,18H,12H2,1-2H3,(H2,22,23,26). The summed E-state index contributed by atoms with van der Waals surface area (Å²) >= 11 is 0. The van der Waals surface area contributed by atoms with Crippen LogP contribution >= 0.6 is 0 Å². The molecule has 1 aliphatic rings. The van der Waals surface area contributed by atoms with E-state index >= 15 is 0 Å². The highest BCUT2D eigenvalue weighted by atomic mass is 16.2. The number of anilines is 2. The van der Waals surface area contributed by atoms with Crippen molar-refractivity contribution < 1.29 is 4.79 Å². The van der Waals surface area contributed by atoms with Crippen LogP contribution in [0.25, 0.3) is 5.69 Å². The average molecular weight is 346 g/mol. The number of rotatable bonds is 4. The van der Waals surface area contributed by atoms with Crippen molar-refractivity contribution in [2.45, 2.75) is 26.2 Å². The van der Waals surface area contributed by atoms with E-state index in [4.69, 9.17) is 5.10 Å². The first-order valence-electron chi connectivity index (χ1n) is 8.90. The van der Waals surface area contributed by atoms with Crippen molar-refractivity contribution in [2.24, 2.45) is 5.92 Å². The fraction of sp³-hybridized carbons (Fsp3) is 0.238. The second-order valence-electron chi connectivity index (χ2n) is 6.97. The van der Waals surface area contributed by atoms with E-state index in [-0.39, 0.29) is 6.03 Å². The normalized spacial score (nSPS) is 18.4. The van der Waals surface area contributed by atoms with E-state index in [1.54, 1.807) is 4.68 Å². The second kappa shape index (κ2) is 6.67. The third-order valence-electron chi connectivity index (χ3n) is 4.77. The van der Waals surface area contributed by atoms with E-state index in [1.807, 2.05) is 67.6 Å². The van der Waals surface area contributed by atoms with Gasteiger partial charge in [-0.25, -0.2) is 9.48 Å². The number of nitrogens with zero attached hydrogens (tertiary/aromatic N) is 2. The summed E-state index contributed by atoms with van der Waals surface area (Å²) in [4.78, 5) is 12.4. The lowest BCUT2D eigenvalue weighted by molar-refractivity contribution is 0.262. The van der Waals surface area contributed by atoms with Crippen molar-refractivity contribution in [2.75, 3.05) is 10.6 Å². The molecule has 2 atom stereocenters. The Kier molecular flexibility index (Phi) is 4.21. The number of hydrogen-bond donors (Lipinski definition) is 2. The van der Waals surface area contributed by atoms with Crippen LogP contribution in [0.5, 0.6) is 0 Å². The van der Waals surface area contributed by atoms with Crippen molar-refractivity contribution in [1.29, 1.82) is 0 Å². The van der Waals surface area contributed by atoms with Crippen LogP contribution in [0.15, 0.2) is 60.7 Å². The topological polar surface area (TPSA) is 59.0 Å². The van der Waals surface area contributed by atoms with Crippen LogP contribution in [-0.2, 0) is 0 Å². The summed E-state index contributed by atoms with van der Waals surface area (Å²) in [6.07, 6.45) is 1.15. The number of hydrogen-bond acceptors (Lipinski definition) is 2. The van der Waals surface area contributed by atoms with Gasteiger partial charge in [-0.2, -0.15) is 5.10 Å². The highest BCUT2D eigenvalue weighted by Gasteiger charge is 2.36. The number of nitrogens with one attached hydrogen (secondary N) is 2. The summed E-state index contributed by atoms with van der Waals surface area (Å²) in [7, 11) is 0. The zero-order valence-corrected chi connectivity index (χ0v) is 14.9. The zero-order chi connectivity index (χ0) is 18.1. The van der Waals surface area contributed by atoms with E-state index in [0.29, 0.717) is 17.7 Å². The fourth-order valence-corrected chi connectivity index (χ4v) is 3.09. The summed E-state index contributed by atoms with van der Waals surface area (Å²) in [5.41, 5.74) is 3.88. The molecular formula is C21H22N4O. The van der Waals surface area contributed by atoms with Gasteiger partial charge in [0.2, 0.25) is 0 Å². The molecule has 1 fully saturated rings. The van der Waals surface area contributed by atoms with Crippen LogP contribution < -0.4 is 10.6 Å². The fourth-order valence-electron chi connectivity index (χ4n) is 3.09. The van der Waals surface area contributed by atoms with E-state index in [0.717, 1.165) is 29.1 Å². The van der Waals surface area contributed by atoms with Gasteiger partial charge in [0.25, 0.3) is 0 Å². The van der Waals surface area contributed by atoms with Crippen molar-refractivity contribution in [3.63, 3.8) is 0 Å². The number of amides is 2. The largest absolute Gasteiger partial charge is 0.324 e. The number of benzene rings is 2. The van der Waals surface area contributed by atoms with Gasteiger partial charge in [0.05, 0.1) is 11.4 Å². The third-order valence-corrected chi connectivity index (χ3v) is 4.77. The SMILES string of the molecule is Cc1ccc(NC(=O)Nc2cc(C3CC3C)nn2-c2ccccc2)cc1. The Labute approximate surface area is 153 Å². The minimum absolute atomic E-state index is 0.277. The molecule has 0 aliphatic heterocycles. The number of aromatic nitrogens is 2. The maximum atomic E-state index is 12.4. The summed E-state index contributed by atoms with van der Waals surface area (Å²) in [5.74, 6) is 1.82. The molecule has 2 unspecified atom stereocenters. The molecule has 5 heteroatoms. The molecule has 0 radical (unpaired) electrons. The third kappa shape index (κ3) is 3.47. The molecule has 2 amide bonds. The molecule has 0 bridgehead atoms. The summed E-state index contributed by atoms with van der Waals surface area (Å²) < 4.78 is 1.80. The quantitative estimate of drug-likeness (QED) is 0.702. The molecule has 2 N–H and O–H groups in total. The van der Waals surface area contributed by atoms with Gasteiger partial charge in [-0.05, 0) is 43.5 Å². The molecule has 3 aromatic rings. The van der Waals surface area contributed by atoms with E-state index in [1.165, 1.54) is 0 Å². The Morgan fingerprint density at radius 3 is 2.42 bits per heavy atom. The van der Waals surface area contributed by atoms with E-state index in [2.05, 4.69) is 17.6 Å². The molecule has 26 heavy (non-hydrogen) atoms. The summed E-state index contributed by atoms with van der Waals surface area (Å²) in [6, 6.07) is 19.3. The van der Waals surface area contributed by atoms with Crippen LogP contribution in [0.2, 0.25) is 0 Å². The Balaban J connectivity index is 1.57. The summed E-state index contributed by atoms with van der Waals surface area (Å²) in [5, 5.41) is 10.5. The molecule has 2 aromatic carbocycles. The lowest BCUT2D eigenvalue weighted by Gasteiger charge is -2.10. The molecule has 5 nitrogen and oxygen atoms in total. The van der Waals surface area contributed by atoms with E-state index in [9.17, 15) is 4.79 Å². The van der Waals surface area contributed by atoms with Crippen LogP contribution in [0.4, 0.5) is 16.3 Å². The second-order valence-corrected chi connectivity index (χ2v) is 6.97. The van der Waals surface area contributed by atoms with Crippen LogP contribution in [0.3, 0.4) is 0 Å². The molecular weight excluding hydrogens is 324 g/mol. The number of urea groups is 1. The number of aryl methyl sites for hydroxylation is 1. The molecule has 132 valence electrons. The van der Waals surface area contributed by atoms with Crippen molar-refractivity contribution >= 4 is 17.5 Å². The van der Waals surface area contributed by atoms with Crippen LogP contribution in [0, 0.1) is 12.8 Å². The van der Waals surface area contributed by atoms with Gasteiger partial charge in [0.1, 0.15) is 5.82 Å². The van der Waals surface area contributed by atoms with Gasteiger partial charge in [0.15, 0.2) is 0 Å².